The van der Waals surface area contributed by atoms with Gasteiger partial charge in [0.2, 0.25) is 15.1 Å². The number of nitrogens with zero attached hydrogens (tertiary/aromatic N) is 4. The van der Waals surface area contributed by atoms with E-state index in [1.165, 1.54) is 11.8 Å². The number of fused-ring (bicyclic) bond motifs is 2. The Balaban J connectivity index is 1.43. The Labute approximate surface area is 225 Å². The summed E-state index contributed by atoms with van der Waals surface area (Å²) >= 11 is 6.16. The van der Waals surface area contributed by atoms with Crippen molar-refractivity contribution in [1.82, 2.24) is 19.7 Å². The lowest BCUT2D eigenvalue weighted by Crippen LogP contribution is -2.44. The molecule has 1 aliphatic carbocycles. The average Bonchev–Trinajstić information content (AvgIpc) is 3.55. The molecule has 18 heteroatoms. The summed E-state index contributed by atoms with van der Waals surface area (Å²) in [4.78, 5) is 26.8. The van der Waals surface area contributed by atoms with E-state index in [0.29, 0.717) is 11.2 Å². The average molecular weight is 608 g/mol. The Morgan fingerprint density at radius 2 is 1.95 bits per heavy atom. The van der Waals surface area contributed by atoms with Crippen molar-refractivity contribution < 1.29 is 47.2 Å². The minimum Gasteiger partial charge on any atom is -0.391 e. The highest BCUT2D eigenvalue weighted by Gasteiger charge is 2.60. The Morgan fingerprint density at radius 3 is 2.64 bits per heavy atom. The number of aliphatic hydroxyl groups excluding tert-OH is 3. The highest BCUT2D eigenvalue weighted by Crippen LogP contribution is 2.55. The molecule has 0 spiro atoms. The number of ether oxygens (including phenoxy) is 1. The second-order valence-electron chi connectivity index (χ2n) is 9.32. The van der Waals surface area contributed by atoms with Crippen molar-refractivity contribution in [2.45, 2.75) is 48.2 Å². The van der Waals surface area contributed by atoms with Gasteiger partial charge in [0.05, 0.1) is 23.4 Å². The predicted molar refractivity (Wildman–Crippen MR) is 134 cm³/mol. The number of anilines is 1. The van der Waals surface area contributed by atoms with E-state index < -0.39 is 59.1 Å². The van der Waals surface area contributed by atoms with Crippen molar-refractivity contribution in [1.29, 1.82) is 0 Å². The maximum atomic E-state index is 14.8. The molecule has 0 radical (unpaired) electrons. The van der Waals surface area contributed by atoms with E-state index in [2.05, 4.69) is 20.4 Å². The molecule has 14 nitrogen and oxygen atoms in total. The van der Waals surface area contributed by atoms with Crippen molar-refractivity contribution in [3.8, 4) is 0 Å². The van der Waals surface area contributed by atoms with Crippen molar-refractivity contribution in [2.75, 3.05) is 17.7 Å². The quantitative estimate of drug-likeness (QED) is 0.151. The van der Waals surface area contributed by atoms with E-state index in [-0.39, 0.29) is 17.0 Å². The molecule has 3 aromatic rings. The predicted octanol–water partition coefficient (Wildman–Crippen LogP) is 0.406. The van der Waals surface area contributed by atoms with Gasteiger partial charge in [0.15, 0.2) is 11.9 Å². The van der Waals surface area contributed by atoms with Gasteiger partial charge < -0.3 is 35.2 Å². The highest BCUT2D eigenvalue weighted by atomic mass is 35.5. The van der Waals surface area contributed by atoms with E-state index in [1.807, 2.05) is 24.3 Å². The first-order chi connectivity index (χ1) is 18.3. The number of aliphatic hydroxyl groups is 3. The molecule has 6 atom stereocenters. The number of alkyl halides is 1. The van der Waals surface area contributed by atoms with Crippen LogP contribution in [0.5, 0.6) is 0 Å². The zero-order chi connectivity index (χ0) is 28.3. The zero-order valence-electron chi connectivity index (χ0n) is 19.9. The molecule has 5 rings (SSSR count). The standard InChI is InChI=1S/C21H24ClFN5O9PS/c22-20-26-17(25-13-6-5-10-3-1-2-4-11(10)13)12-7-24-28(18(12)27-20)19-16(31)15(30)14(37-19)8-39(35,36)21(23,9-29)38(32,33)34/h1-4,7,13-16,19,29-31H,5-6,8-9H2,(H,25,26,27)(H2,32,33,34)/t13?,14-,15-,16-,19-,21?/m1/s1. The van der Waals surface area contributed by atoms with Gasteiger partial charge in [-0.05, 0) is 35.6 Å². The number of sulfone groups is 1. The number of aryl methyl sites for hydroxylation is 1. The van der Waals surface area contributed by atoms with Gasteiger partial charge in [0, 0.05) is 0 Å². The molecule has 2 aliphatic rings. The Bertz CT molecular complexity index is 1570. The molecule has 1 saturated heterocycles. The summed E-state index contributed by atoms with van der Waals surface area (Å²) in [5.41, 5.74) is 2.35. The van der Waals surface area contributed by atoms with Gasteiger partial charge >= 0.3 is 12.3 Å². The second kappa shape index (κ2) is 9.98. The Hall–Kier alpha value is -2.27. The molecule has 0 saturated carbocycles. The van der Waals surface area contributed by atoms with Crippen LogP contribution in [0.2, 0.25) is 5.28 Å². The summed E-state index contributed by atoms with van der Waals surface area (Å²) in [5, 5.41) is 37.9. The fourth-order valence-corrected chi connectivity index (χ4v) is 8.03. The smallest absolute Gasteiger partial charge is 0.380 e. The molecule has 0 amide bonds. The molecular formula is C21H24ClFN5O9PS. The van der Waals surface area contributed by atoms with Crippen LogP contribution in [0.3, 0.4) is 0 Å². The molecular weight excluding hydrogens is 584 g/mol. The third-order valence-electron chi connectivity index (χ3n) is 6.94. The maximum absolute atomic E-state index is 14.8. The van der Waals surface area contributed by atoms with Crippen molar-refractivity contribution in [3.05, 3.63) is 46.9 Å². The summed E-state index contributed by atoms with van der Waals surface area (Å²) in [6.45, 7) is -2.03. The van der Waals surface area contributed by atoms with Crippen LogP contribution in [0.4, 0.5) is 10.2 Å². The molecule has 1 aromatic carbocycles. The van der Waals surface area contributed by atoms with Gasteiger partial charge in [-0.15, -0.1) is 0 Å². The van der Waals surface area contributed by atoms with Crippen molar-refractivity contribution >= 4 is 45.9 Å². The molecule has 1 fully saturated rings. The highest BCUT2D eigenvalue weighted by molar-refractivity contribution is 7.99. The van der Waals surface area contributed by atoms with E-state index in [9.17, 15) is 37.4 Å². The minimum atomic E-state index is -6.00. The van der Waals surface area contributed by atoms with Gasteiger partial charge in [0.25, 0.3) is 0 Å². The number of rotatable bonds is 8. The molecule has 212 valence electrons. The zero-order valence-corrected chi connectivity index (χ0v) is 22.3. The fourth-order valence-electron chi connectivity index (χ4n) is 4.85. The van der Waals surface area contributed by atoms with Gasteiger partial charge in [-0.1, -0.05) is 24.3 Å². The van der Waals surface area contributed by atoms with Crippen LogP contribution in [-0.4, -0.2) is 88.7 Å². The van der Waals surface area contributed by atoms with Gasteiger partial charge in [-0.25, -0.2) is 17.5 Å². The van der Waals surface area contributed by atoms with Gasteiger partial charge in [-0.3, -0.25) is 4.57 Å². The van der Waals surface area contributed by atoms with E-state index in [0.717, 1.165) is 23.1 Å². The van der Waals surface area contributed by atoms with Crippen LogP contribution in [0.25, 0.3) is 11.0 Å². The van der Waals surface area contributed by atoms with Gasteiger partial charge in [-0.2, -0.15) is 15.1 Å². The number of hydrogen-bond acceptors (Lipinski definition) is 11. The van der Waals surface area contributed by atoms with E-state index in [4.69, 9.17) is 21.4 Å². The van der Waals surface area contributed by atoms with Crippen LogP contribution in [-0.2, 0) is 25.6 Å². The molecule has 3 heterocycles. The SMILES string of the molecule is O=P(O)(O)C(F)(CO)S(=O)(=O)C[C@H]1O[C@@H](n2ncc3c(NC4CCc5ccccc54)nc(Cl)nc32)[C@H](O)[C@@H]1O. The lowest BCUT2D eigenvalue weighted by Gasteiger charge is -2.25. The summed E-state index contributed by atoms with van der Waals surface area (Å²) in [5.74, 6) is -1.14. The lowest BCUT2D eigenvalue weighted by atomic mass is 10.1. The van der Waals surface area contributed by atoms with E-state index in [1.54, 1.807) is 0 Å². The Morgan fingerprint density at radius 1 is 1.23 bits per heavy atom. The Kier molecular flexibility index (Phi) is 7.23. The van der Waals surface area contributed by atoms with Crippen molar-refractivity contribution in [3.63, 3.8) is 0 Å². The van der Waals surface area contributed by atoms with Crippen molar-refractivity contribution in [2.24, 2.45) is 0 Å². The first kappa shape index (κ1) is 28.3. The normalized spacial score (nSPS) is 27.0. The first-order valence-electron chi connectivity index (χ1n) is 11.6. The number of nitrogens with one attached hydrogen (secondary N) is 1. The first-order valence-corrected chi connectivity index (χ1v) is 15.3. The lowest BCUT2D eigenvalue weighted by molar-refractivity contribution is -0.0366. The summed E-state index contributed by atoms with van der Waals surface area (Å²) in [6, 6.07) is 7.83. The van der Waals surface area contributed by atoms with Crippen LogP contribution >= 0.6 is 19.2 Å². The van der Waals surface area contributed by atoms with Gasteiger partial charge in [0.1, 0.15) is 30.7 Å². The number of aromatic nitrogens is 4. The third kappa shape index (κ3) is 4.73. The van der Waals surface area contributed by atoms with Crippen LogP contribution in [0, 0.1) is 0 Å². The molecule has 39 heavy (non-hydrogen) atoms. The van der Waals surface area contributed by atoms with Crippen LogP contribution in [0.15, 0.2) is 30.5 Å². The molecule has 2 unspecified atom stereocenters. The summed E-state index contributed by atoms with van der Waals surface area (Å²) in [6.07, 6.45) is -4.12. The third-order valence-corrected chi connectivity index (χ3v) is 11.5. The summed E-state index contributed by atoms with van der Waals surface area (Å²) < 4.78 is 53.5. The number of halogens is 2. The maximum Gasteiger partial charge on any atom is 0.380 e. The molecule has 6 N–H and O–H groups in total. The fraction of sp³-hybridized carbons (Fsp3) is 0.476. The largest absolute Gasteiger partial charge is 0.391 e. The number of hydrogen-bond donors (Lipinski definition) is 6. The van der Waals surface area contributed by atoms with Crippen LogP contribution < -0.4 is 5.32 Å². The molecule has 0 bridgehead atoms. The minimum absolute atomic E-state index is 0.0638. The summed E-state index contributed by atoms with van der Waals surface area (Å²) in [7, 11) is -11.4. The second-order valence-corrected chi connectivity index (χ2v) is 14.0. The molecule has 2 aromatic heterocycles. The topological polar surface area (TPSA) is 217 Å². The molecule has 1 aliphatic heterocycles. The number of benzene rings is 1. The van der Waals surface area contributed by atoms with Crippen LogP contribution in [0.1, 0.15) is 29.8 Å². The van der Waals surface area contributed by atoms with E-state index >= 15 is 0 Å². The monoisotopic (exact) mass is 607 g/mol.